The molecule has 0 saturated heterocycles. The maximum absolute atomic E-state index is 13.3. The number of nitrogens with one attached hydrogen (secondary N) is 1. The first kappa shape index (κ1) is 22.2. The standard InChI is InChI=1S/C19H18ClF3N2O4S/c1-2-9-24-18(26)17-11-25(15-5-3-4-6-16(15)29-17)30(27,28)12-7-8-14(20)13(10-12)19(21,22)23/h3-8,10,17H,2,9,11H2,1H3,(H,24,26). The third-order valence-electron chi connectivity index (χ3n) is 4.41. The van der Waals surface area contributed by atoms with Crippen molar-refractivity contribution >= 4 is 33.2 Å². The van der Waals surface area contributed by atoms with E-state index in [-0.39, 0.29) is 11.4 Å². The summed E-state index contributed by atoms with van der Waals surface area (Å²) in [6, 6.07) is 8.47. The highest BCUT2D eigenvalue weighted by Gasteiger charge is 2.39. The molecule has 0 bridgehead atoms. The monoisotopic (exact) mass is 462 g/mol. The summed E-state index contributed by atoms with van der Waals surface area (Å²) in [7, 11) is -4.45. The number of halogens is 4. The number of carbonyl (C=O) groups excluding carboxylic acids is 1. The zero-order valence-corrected chi connectivity index (χ0v) is 17.3. The molecule has 1 amide bonds. The van der Waals surface area contributed by atoms with Crippen LogP contribution in [-0.2, 0) is 21.0 Å². The number of carbonyl (C=O) groups is 1. The fraction of sp³-hybridized carbons (Fsp3) is 0.316. The molecule has 0 aliphatic carbocycles. The van der Waals surface area contributed by atoms with Crippen LogP contribution in [0.2, 0.25) is 5.02 Å². The second-order valence-corrected chi connectivity index (χ2v) is 8.81. The molecule has 1 unspecified atom stereocenters. The summed E-state index contributed by atoms with van der Waals surface area (Å²) in [6.07, 6.45) is -5.31. The van der Waals surface area contributed by atoms with Gasteiger partial charge in [0.05, 0.1) is 27.7 Å². The van der Waals surface area contributed by atoms with E-state index in [1.807, 2.05) is 6.92 Å². The Hall–Kier alpha value is -2.46. The fourth-order valence-corrected chi connectivity index (χ4v) is 4.67. The van der Waals surface area contributed by atoms with Gasteiger partial charge in [0.2, 0.25) is 0 Å². The van der Waals surface area contributed by atoms with Crippen molar-refractivity contribution in [2.75, 3.05) is 17.4 Å². The molecular weight excluding hydrogens is 445 g/mol. The number of fused-ring (bicyclic) bond motifs is 1. The number of sulfonamides is 1. The Balaban J connectivity index is 2.05. The molecule has 30 heavy (non-hydrogen) atoms. The lowest BCUT2D eigenvalue weighted by atomic mass is 10.2. The fourth-order valence-electron chi connectivity index (χ4n) is 2.94. The quantitative estimate of drug-likeness (QED) is 0.732. The van der Waals surface area contributed by atoms with Crippen molar-refractivity contribution in [3.05, 3.63) is 53.1 Å². The maximum atomic E-state index is 13.3. The summed E-state index contributed by atoms with van der Waals surface area (Å²) < 4.78 is 72.7. The number of alkyl halides is 3. The number of ether oxygens (including phenoxy) is 1. The Kier molecular flexibility index (Phi) is 6.19. The maximum Gasteiger partial charge on any atom is 0.417 e. The molecule has 0 saturated carbocycles. The molecule has 1 N–H and O–H groups in total. The Bertz CT molecular complexity index is 1060. The van der Waals surface area contributed by atoms with Crippen molar-refractivity contribution in [1.29, 1.82) is 0 Å². The van der Waals surface area contributed by atoms with E-state index in [0.717, 1.165) is 16.4 Å². The molecule has 1 aliphatic heterocycles. The van der Waals surface area contributed by atoms with Gasteiger partial charge in [0, 0.05) is 6.54 Å². The van der Waals surface area contributed by atoms with Gasteiger partial charge in [-0.1, -0.05) is 30.7 Å². The molecular formula is C19H18ClF3N2O4S. The van der Waals surface area contributed by atoms with Crippen LogP contribution >= 0.6 is 11.6 Å². The van der Waals surface area contributed by atoms with Gasteiger partial charge < -0.3 is 10.1 Å². The lowest BCUT2D eigenvalue weighted by molar-refractivity contribution is -0.137. The highest BCUT2D eigenvalue weighted by molar-refractivity contribution is 7.92. The van der Waals surface area contributed by atoms with Crippen molar-refractivity contribution in [3.63, 3.8) is 0 Å². The number of nitrogens with zero attached hydrogens (tertiary/aromatic N) is 1. The molecule has 0 fully saturated rings. The molecule has 3 rings (SSSR count). The minimum atomic E-state index is -4.83. The number of benzene rings is 2. The van der Waals surface area contributed by atoms with E-state index in [0.29, 0.717) is 19.0 Å². The highest BCUT2D eigenvalue weighted by atomic mass is 35.5. The van der Waals surface area contributed by atoms with E-state index >= 15 is 0 Å². The van der Waals surface area contributed by atoms with Crippen LogP contribution in [0.3, 0.4) is 0 Å². The zero-order valence-electron chi connectivity index (χ0n) is 15.7. The zero-order chi connectivity index (χ0) is 22.1. The number of anilines is 1. The van der Waals surface area contributed by atoms with Gasteiger partial charge in [-0.15, -0.1) is 0 Å². The Morgan fingerprint density at radius 3 is 2.63 bits per heavy atom. The Morgan fingerprint density at radius 2 is 1.97 bits per heavy atom. The van der Waals surface area contributed by atoms with Crippen molar-refractivity contribution in [2.24, 2.45) is 0 Å². The topological polar surface area (TPSA) is 75.7 Å². The molecule has 1 atom stereocenters. The van der Waals surface area contributed by atoms with Crippen LogP contribution in [0.25, 0.3) is 0 Å². The predicted molar refractivity (Wildman–Crippen MR) is 105 cm³/mol. The van der Waals surface area contributed by atoms with E-state index in [9.17, 15) is 26.4 Å². The number of hydrogen-bond acceptors (Lipinski definition) is 4. The third-order valence-corrected chi connectivity index (χ3v) is 6.51. The third kappa shape index (κ3) is 4.34. The van der Waals surface area contributed by atoms with Crippen molar-refractivity contribution in [2.45, 2.75) is 30.5 Å². The van der Waals surface area contributed by atoms with Crippen molar-refractivity contribution in [1.82, 2.24) is 5.32 Å². The van der Waals surface area contributed by atoms with Crippen molar-refractivity contribution < 1.29 is 31.1 Å². The van der Waals surface area contributed by atoms with E-state index in [2.05, 4.69) is 5.32 Å². The second kappa shape index (κ2) is 8.35. The van der Waals surface area contributed by atoms with Crippen molar-refractivity contribution in [3.8, 4) is 5.75 Å². The highest BCUT2D eigenvalue weighted by Crippen LogP contribution is 2.39. The van der Waals surface area contributed by atoms with Crippen LogP contribution < -0.4 is 14.4 Å². The minimum absolute atomic E-state index is 0.126. The van der Waals surface area contributed by atoms with Gasteiger partial charge in [-0.2, -0.15) is 13.2 Å². The van der Waals surface area contributed by atoms with Crippen LogP contribution in [0.1, 0.15) is 18.9 Å². The first-order valence-electron chi connectivity index (χ1n) is 8.98. The largest absolute Gasteiger partial charge is 0.476 e. The predicted octanol–water partition coefficient (Wildman–Crippen LogP) is 3.84. The molecule has 0 aromatic heterocycles. The van der Waals surface area contributed by atoms with Crippen LogP contribution in [0.4, 0.5) is 18.9 Å². The molecule has 2 aromatic rings. The Morgan fingerprint density at radius 1 is 1.27 bits per heavy atom. The van der Waals surface area contributed by atoms with E-state index in [4.69, 9.17) is 16.3 Å². The average Bonchev–Trinajstić information content (AvgIpc) is 2.70. The van der Waals surface area contributed by atoms with Crippen LogP contribution in [0, 0.1) is 0 Å². The number of hydrogen-bond donors (Lipinski definition) is 1. The van der Waals surface area contributed by atoms with E-state index < -0.39 is 50.2 Å². The molecule has 0 spiro atoms. The van der Waals surface area contributed by atoms with Gasteiger partial charge >= 0.3 is 6.18 Å². The van der Waals surface area contributed by atoms with Gasteiger partial charge in [0.15, 0.2) is 6.10 Å². The first-order valence-corrected chi connectivity index (χ1v) is 10.8. The van der Waals surface area contributed by atoms with Gasteiger partial charge in [0.25, 0.3) is 15.9 Å². The molecule has 1 aliphatic rings. The lowest BCUT2D eigenvalue weighted by Gasteiger charge is -2.34. The Labute approximate surface area is 176 Å². The SMILES string of the molecule is CCCNC(=O)C1CN(S(=O)(=O)c2ccc(Cl)c(C(F)(F)F)c2)c2ccccc2O1. The number of rotatable bonds is 5. The van der Waals surface area contributed by atoms with Gasteiger partial charge in [-0.05, 0) is 36.8 Å². The van der Waals surface area contributed by atoms with Gasteiger partial charge in [0.1, 0.15) is 5.75 Å². The summed E-state index contributed by atoms with van der Waals surface area (Å²) in [4.78, 5) is 11.8. The number of para-hydroxylation sites is 2. The van der Waals surface area contributed by atoms with Crippen LogP contribution in [-0.4, -0.2) is 33.5 Å². The average molecular weight is 463 g/mol. The van der Waals surface area contributed by atoms with Crippen LogP contribution in [0.5, 0.6) is 5.75 Å². The summed E-state index contributed by atoms with van der Waals surface area (Å²) >= 11 is 5.61. The second-order valence-electron chi connectivity index (χ2n) is 6.54. The van der Waals surface area contributed by atoms with Gasteiger partial charge in [-0.3, -0.25) is 9.10 Å². The molecule has 2 aromatic carbocycles. The summed E-state index contributed by atoms with van der Waals surface area (Å²) in [5, 5.41) is 2.02. The van der Waals surface area contributed by atoms with Crippen LogP contribution in [0.15, 0.2) is 47.4 Å². The normalized spacial score (nSPS) is 16.6. The lowest BCUT2D eigenvalue weighted by Crippen LogP contribution is -2.50. The number of amides is 1. The smallest absolute Gasteiger partial charge is 0.417 e. The molecule has 0 radical (unpaired) electrons. The molecule has 11 heteroatoms. The van der Waals surface area contributed by atoms with Gasteiger partial charge in [-0.25, -0.2) is 8.42 Å². The van der Waals surface area contributed by atoms with E-state index in [1.165, 1.54) is 12.1 Å². The summed E-state index contributed by atoms with van der Waals surface area (Å²) in [6.45, 7) is 1.84. The summed E-state index contributed by atoms with van der Waals surface area (Å²) in [5.41, 5.74) is -1.13. The van der Waals surface area contributed by atoms with E-state index in [1.54, 1.807) is 12.1 Å². The molecule has 162 valence electrons. The first-order chi connectivity index (χ1) is 14.1. The molecule has 6 nitrogen and oxygen atoms in total. The minimum Gasteiger partial charge on any atom is -0.476 e. The molecule has 1 heterocycles. The summed E-state index contributed by atoms with van der Waals surface area (Å²) in [5.74, 6) is -0.382.